The van der Waals surface area contributed by atoms with Gasteiger partial charge >= 0.3 is 0 Å². The summed E-state index contributed by atoms with van der Waals surface area (Å²) in [4.78, 5) is 36.4. The Morgan fingerprint density at radius 2 is 1.97 bits per heavy atom. The average Bonchev–Trinajstić information content (AvgIpc) is 3.16. The molecule has 0 aliphatic carbocycles. The lowest BCUT2D eigenvalue weighted by Gasteiger charge is -2.49. The number of aliphatic imine (C=N–C) groups is 2. The topological polar surface area (TPSA) is 170 Å². The molecule has 1 aromatic carbocycles. The molecule has 1 saturated heterocycles. The monoisotopic (exact) mass is 401 g/mol. The van der Waals surface area contributed by atoms with Crippen LogP contribution >= 0.6 is 0 Å². The van der Waals surface area contributed by atoms with E-state index in [1.54, 1.807) is 30.3 Å². The number of benzene rings is 1. The number of imide groups is 1. The standard InChI is InChI=1S/C18H23N7O4/c1-10(26)24(14(27)11-5-3-2-4-6-11)9-12-13-18(23-15(19)22-13)17(28,29)7-8-25(18)16(20)21-12/h2-6,12-13,28-29H,7-9H2,1H3,(H2,20,21)(H3,19,22,23)/t12?,13-,18?/m0/s1. The summed E-state index contributed by atoms with van der Waals surface area (Å²) in [6.45, 7) is 1.38. The third-order valence-electron chi connectivity index (χ3n) is 5.70. The zero-order chi connectivity index (χ0) is 21.0. The van der Waals surface area contributed by atoms with Gasteiger partial charge in [0.1, 0.15) is 6.04 Å². The highest BCUT2D eigenvalue weighted by atomic mass is 16.5. The Kier molecular flexibility index (Phi) is 4.24. The van der Waals surface area contributed by atoms with Crippen molar-refractivity contribution in [3.63, 3.8) is 0 Å². The predicted octanol–water partition coefficient (Wildman–Crippen LogP) is -2.26. The van der Waals surface area contributed by atoms with Crippen LogP contribution in [0.15, 0.2) is 40.3 Å². The highest BCUT2D eigenvalue weighted by molar-refractivity contribution is 6.04. The molecule has 4 rings (SSSR count). The number of nitrogens with zero attached hydrogens (tertiary/aromatic N) is 4. The Morgan fingerprint density at radius 1 is 1.28 bits per heavy atom. The molecule has 3 atom stereocenters. The van der Waals surface area contributed by atoms with Crippen LogP contribution in [0.4, 0.5) is 0 Å². The van der Waals surface area contributed by atoms with Crippen LogP contribution in [0.5, 0.6) is 0 Å². The minimum absolute atomic E-state index is 0.00160. The van der Waals surface area contributed by atoms with Crippen LogP contribution in [0, 0.1) is 0 Å². The van der Waals surface area contributed by atoms with Crippen LogP contribution in [0.2, 0.25) is 0 Å². The highest BCUT2D eigenvalue weighted by Gasteiger charge is 2.69. The number of guanidine groups is 2. The molecule has 1 aromatic rings. The van der Waals surface area contributed by atoms with Crippen molar-refractivity contribution in [2.45, 2.75) is 36.9 Å². The molecule has 2 unspecified atom stereocenters. The quantitative estimate of drug-likeness (QED) is 0.353. The van der Waals surface area contributed by atoms with Gasteiger partial charge < -0.3 is 31.9 Å². The van der Waals surface area contributed by atoms with Gasteiger partial charge in [0.2, 0.25) is 11.7 Å². The molecule has 3 aliphatic heterocycles. The molecule has 11 nitrogen and oxygen atoms in total. The van der Waals surface area contributed by atoms with E-state index in [4.69, 9.17) is 11.5 Å². The maximum absolute atomic E-state index is 12.9. The lowest BCUT2D eigenvalue weighted by Crippen LogP contribution is -2.77. The molecule has 0 radical (unpaired) electrons. The first-order valence-electron chi connectivity index (χ1n) is 9.22. The third kappa shape index (κ3) is 2.73. The van der Waals surface area contributed by atoms with Crippen LogP contribution in [-0.4, -0.2) is 80.4 Å². The van der Waals surface area contributed by atoms with Crippen molar-refractivity contribution in [3.05, 3.63) is 35.9 Å². The summed E-state index contributed by atoms with van der Waals surface area (Å²) >= 11 is 0. The average molecular weight is 401 g/mol. The number of nitrogens with one attached hydrogen (secondary N) is 1. The fraction of sp³-hybridized carbons (Fsp3) is 0.444. The third-order valence-corrected chi connectivity index (χ3v) is 5.70. The number of rotatable bonds is 3. The number of carbonyl (C=O) groups is 2. The van der Waals surface area contributed by atoms with Crippen LogP contribution in [-0.2, 0) is 4.79 Å². The molecule has 2 amide bonds. The molecule has 0 aromatic heterocycles. The molecule has 7 N–H and O–H groups in total. The number of nitrogens with two attached hydrogens (primary N) is 2. The van der Waals surface area contributed by atoms with E-state index < -0.39 is 35.3 Å². The predicted molar refractivity (Wildman–Crippen MR) is 103 cm³/mol. The van der Waals surface area contributed by atoms with Gasteiger partial charge in [-0.25, -0.2) is 9.98 Å². The fourth-order valence-corrected chi connectivity index (χ4v) is 4.35. The van der Waals surface area contributed by atoms with Crippen LogP contribution in [0.3, 0.4) is 0 Å². The summed E-state index contributed by atoms with van der Waals surface area (Å²) in [7, 11) is 0. The van der Waals surface area contributed by atoms with E-state index in [0.29, 0.717) is 5.56 Å². The highest BCUT2D eigenvalue weighted by Crippen LogP contribution is 2.44. The van der Waals surface area contributed by atoms with Crippen molar-refractivity contribution in [1.29, 1.82) is 0 Å². The van der Waals surface area contributed by atoms with E-state index >= 15 is 0 Å². The van der Waals surface area contributed by atoms with Gasteiger partial charge in [0, 0.05) is 25.5 Å². The minimum atomic E-state index is -2.19. The summed E-state index contributed by atoms with van der Waals surface area (Å²) in [6.07, 6.45) is 0.00160. The second kappa shape index (κ2) is 6.42. The first kappa shape index (κ1) is 19.2. The first-order chi connectivity index (χ1) is 13.7. The lowest BCUT2D eigenvalue weighted by molar-refractivity contribution is -0.221. The number of hydrogen-bond acceptors (Lipinski definition) is 10. The van der Waals surface area contributed by atoms with Crippen molar-refractivity contribution >= 4 is 23.7 Å². The molecule has 0 bridgehead atoms. The molecule has 11 heteroatoms. The van der Waals surface area contributed by atoms with Crippen molar-refractivity contribution in [2.75, 3.05) is 13.1 Å². The minimum Gasteiger partial charge on any atom is -0.370 e. The second-order valence-corrected chi connectivity index (χ2v) is 7.42. The van der Waals surface area contributed by atoms with Gasteiger partial charge in [0.15, 0.2) is 17.6 Å². The fourth-order valence-electron chi connectivity index (χ4n) is 4.35. The van der Waals surface area contributed by atoms with E-state index in [9.17, 15) is 19.8 Å². The van der Waals surface area contributed by atoms with Crippen molar-refractivity contribution < 1.29 is 19.8 Å². The molecular formula is C18H23N7O4. The number of hydrogen-bond donors (Lipinski definition) is 5. The zero-order valence-electron chi connectivity index (χ0n) is 15.8. The normalized spacial score (nSPS) is 29.3. The van der Waals surface area contributed by atoms with Gasteiger partial charge in [-0.05, 0) is 12.1 Å². The van der Waals surface area contributed by atoms with Crippen molar-refractivity contribution in [2.24, 2.45) is 21.5 Å². The van der Waals surface area contributed by atoms with Crippen LogP contribution in [0.25, 0.3) is 0 Å². The summed E-state index contributed by atoms with van der Waals surface area (Å²) < 4.78 is 0. The number of aliphatic hydroxyl groups is 2. The Morgan fingerprint density at radius 3 is 2.62 bits per heavy atom. The molecule has 3 heterocycles. The molecule has 1 spiro atoms. The zero-order valence-corrected chi connectivity index (χ0v) is 15.8. The van der Waals surface area contributed by atoms with Gasteiger partial charge in [0.25, 0.3) is 5.91 Å². The Labute approximate surface area is 166 Å². The van der Waals surface area contributed by atoms with Gasteiger partial charge in [-0.1, -0.05) is 18.2 Å². The van der Waals surface area contributed by atoms with E-state index in [0.717, 1.165) is 4.90 Å². The molecule has 154 valence electrons. The molecule has 29 heavy (non-hydrogen) atoms. The van der Waals surface area contributed by atoms with Gasteiger partial charge in [-0.3, -0.25) is 14.5 Å². The largest absolute Gasteiger partial charge is 0.370 e. The summed E-state index contributed by atoms with van der Waals surface area (Å²) in [6, 6.07) is 6.71. The van der Waals surface area contributed by atoms with Gasteiger partial charge in [0.05, 0.1) is 12.6 Å². The smallest absolute Gasteiger partial charge is 0.260 e. The maximum Gasteiger partial charge on any atom is 0.260 e. The van der Waals surface area contributed by atoms with Crippen molar-refractivity contribution in [3.8, 4) is 0 Å². The van der Waals surface area contributed by atoms with E-state index in [1.807, 2.05) is 0 Å². The Hall–Kier alpha value is -3.18. The molecule has 0 saturated carbocycles. The molecular weight excluding hydrogens is 378 g/mol. The van der Waals surface area contributed by atoms with Crippen LogP contribution < -0.4 is 16.8 Å². The molecule has 3 aliphatic rings. The number of carbonyl (C=O) groups excluding carboxylic acids is 2. The lowest BCUT2D eigenvalue weighted by atomic mass is 9.86. The summed E-state index contributed by atoms with van der Waals surface area (Å²) in [5, 5.41) is 24.2. The van der Waals surface area contributed by atoms with Gasteiger partial charge in [-0.2, -0.15) is 0 Å². The first-order valence-corrected chi connectivity index (χ1v) is 9.22. The SMILES string of the molecule is CC(=O)N(CC1N=C(N)N2CCC(O)(O)C23NC(N)=N[C@@H]13)C(=O)c1ccccc1. The summed E-state index contributed by atoms with van der Waals surface area (Å²) in [5.74, 6) is -3.09. The van der Waals surface area contributed by atoms with E-state index in [2.05, 4.69) is 15.3 Å². The van der Waals surface area contributed by atoms with Gasteiger partial charge in [-0.15, -0.1) is 0 Å². The van der Waals surface area contributed by atoms with Crippen LogP contribution in [0.1, 0.15) is 23.7 Å². The van der Waals surface area contributed by atoms with E-state index in [1.165, 1.54) is 11.8 Å². The summed E-state index contributed by atoms with van der Waals surface area (Å²) in [5.41, 5.74) is 10.8. The molecule has 1 fully saturated rings. The number of amides is 2. The Balaban J connectivity index is 1.70. The maximum atomic E-state index is 12.9. The van der Waals surface area contributed by atoms with E-state index in [-0.39, 0.29) is 31.4 Å². The van der Waals surface area contributed by atoms with Crippen molar-refractivity contribution in [1.82, 2.24) is 15.1 Å². The second-order valence-electron chi connectivity index (χ2n) is 7.42. The Bertz CT molecular complexity index is 916.